The minimum Gasteiger partial charge on any atom is -0.497 e. The standard InChI is InChI=1S/C18H26N2O4/c1-22-13-7-8-15(17(11-13)23-2)16-6-3-9-20(16)18(21)19-12-14-5-4-10-24-14/h7-8,11,14,16H,3-6,9-10,12H2,1-2H3,(H,19,21)/t14-,16-/m1/s1. The van der Waals surface area contributed by atoms with Gasteiger partial charge in [-0.25, -0.2) is 4.79 Å². The van der Waals surface area contributed by atoms with Gasteiger partial charge in [0.1, 0.15) is 11.5 Å². The van der Waals surface area contributed by atoms with E-state index in [1.165, 1.54) is 0 Å². The van der Waals surface area contributed by atoms with Crippen molar-refractivity contribution < 1.29 is 19.0 Å². The molecule has 6 nitrogen and oxygen atoms in total. The van der Waals surface area contributed by atoms with Crippen LogP contribution in [0.25, 0.3) is 0 Å². The molecule has 2 atom stereocenters. The van der Waals surface area contributed by atoms with Crippen LogP contribution in [0.1, 0.15) is 37.3 Å². The third-order valence-corrected chi connectivity index (χ3v) is 4.82. The van der Waals surface area contributed by atoms with Crippen LogP contribution in [0.2, 0.25) is 0 Å². The highest BCUT2D eigenvalue weighted by atomic mass is 16.5. The first-order valence-electron chi connectivity index (χ1n) is 8.61. The van der Waals surface area contributed by atoms with Gasteiger partial charge in [0, 0.05) is 31.3 Å². The number of hydrogen-bond donors (Lipinski definition) is 1. The van der Waals surface area contributed by atoms with Crippen LogP contribution in [-0.2, 0) is 4.74 Å². The van der Waals surface area contributed by atoms with Crippen molar-refractivity contribution in [3.05, 3.63) is 23.8 Å². The van der Waals surface area contributed by atoms with Crippen molar-refractivity contribution in [1.29, 1.82) is 0 Å². The second kappa shape index (κ2) is 7.75. The van der Waals surface area contributed by atoms with Crippen LogP contribution in [0.5, 0.6) is 11.5 Å². The molecule has 3 rings (SSSR count). The Morgan fingerprint density at radius 1 is 1.29 bits per heavy atom. The largest absolute Gasteiger partial charge is 0.497 e. The number of ether oxygens (including phenoxy) is 3. The van der Waals surface area contributed by atoms with Crippen LogP contribution in [-0.4, -0.2) is 51.0 Å². The molecule has 2 aliphatic rings. The van der Waals surface area contributed by atoms with Crippen LogP contribution in [0.15, 0.2) is 18.2 Å². The van der Waals surface area contributed by atoms with Gasteiger partial charge >= 0.3 is 6.03 Å². The molecule has 0 aliphatic carbocycles. The van der Waals surface area contributed by atoms with Gasteiger partial charge in [0.05, 0.1) is 26.4 Å². The number of carbonyl (C=O) groups excluding carboxylic acids is 1. The highest BCUT2D eigenvalue weighted by molar-refractivity contribution is 5.75. The van der Waals surface area contributed by atoms with Crippen molar-refractivity contribution in [2.45, 2.75) is 37.8 Å². The molecule has 1 N–H and O–H groups in total. The van der Waals surface area contributed by atoms with E-state index in [1.807, 2.05) is 23.1 Å². The number of likely N-dealkylation sites (tertiary alicyclic amines) is 1. The average molecular weight is 334 g/mol. The fourth-order valence-electron chi connectivity index (χ4n) is 3.53. The first-order valence-corrected chi connectivity index (χ1v) is 8.61. The molecule has 2 heterocycles. The molecule has 0 aromatic heterocycles. The molecule has 132 valence electrons. The predicted octanol–water partition coefficient (Wildman–Crippen LogP) is 2.73. The smallest absolute Gasteiger partial charge is 0.318 e. The molecule has 1 aromatic carbocycles. The Morgan fingerprint density at radius 2 is 2.17 bits per heavy atom. The molecule has 0 saturated carbocycles. The molecular formula is C18H26N2O4. The number of urea groups is 1. The van der Waals surface area contributed by atoms with Gasteiger partial charge in [-0.2, -0.15) is 0 Å². The van der Waals surface area contributed by atoms with E-state index >= 15 is 0 Å². The van der Waals surface area contributed by atoms with Crippen LogP contribution in [0, 0.1) is 0 Å². The summed E-state index contributed by atoms with van der Waals surface area (Å²) in [6, 6.07) is 5.80. The normalized spacial score (nSPS) is 23.3. The second-order valence-electron chi connectivity index (χ2n) is 6.28. The first-order chi connectivity index (χ1) is 11.7. The Labute approximate surface area is 143 Å². The Hall–Kier alpha value is -1.95. The predicted molar refractivity (Wildman–Crippen MR) is 90.6 cm³/mol. The van der Waals surface area contributed by atoms with Crippen molar-refractivity contribution >= 4 is 6.03 Å². The van der Waals surface area contributed by atoms with E-state index in [0.717, 1.165) is 55.9 Å². The van der Waals surface area contributed by atoms with Gasteiger partial charge in [-0.15, -0.1) is 0 Å². The van der Waals surface area contributed by atoms with Crippen molar-refractivity contribution in [3.63, 3.8) is 0 Å². The fourth-order valence-corrected chi connectivity index (χ4v) is 3.53. The van der Waals surface area contributed by atoms with E-state index in [9.17, 15) is 4.79 Å². The molecule has 2 amide bonds. The summed E-state index contributed by atoms with van der Waals surface area (Å²) in [5.41, 5.74) is 1.03. The maximum Gasteiger partial charge on any atom is 0.318 e. The first kappa shape index (κ1) is 16.9. The summed E-state index contributed by atoms with van der Waals surface area (Å²) in [6.07, 6.45) is 4.19. The number of hydrogen-bond acceptors (Lipinski definition) is 4. The number of amides is 2. The van der Waals surface area contributed by atoms with Crippen molar-refractivity contribution in [2.75, 3.05) is 33.9 Å². The number of carbonyl (C=O) groups is 1. The van der Waals surface area contributed by atoms with E-state index < -0.39 is 0 Å². The molecule has 6 heteroatoms. The number of rotatable bonds is 5. The lowest BCUT2D eigenvalue weighted by molar-refractivity contribution is 0.108. The minimum atomic E-state index is -0.0223. The quantitative estimate of drug-likeness (QED) is 0.899. The van der Waals surface area contributed by atoms with Gasteiger partial charge in [-0.3, -0.25) is 0 Å². The van der Waals surface area contributed by atoms with Gasteiger partial charge in [0.15, 0.2) is 0 Å². The van der Waals surface area contributed by atoms with Gasteiger partial charge in [0.25, 0.3) is 0 Å². The highest BCUT2D eigenvalue weighted by Gasteiger charge is 2.32. The summed E-state index contributed by atoms with van der Waals surface area (Å²) < 4.78 is 16.3. The summed E-state index contributed by atoms with van der Waals surface area (Å²) in [7, 11) is 3.28. The molecule has 2 fully saturated rings. The summed E-state index contributed by atoms with van der Waals surface area (Å²) in [4.78, 5) is 14.5. The number of methoxy groups -OCH3 is 2. The topological polar surface area (TPSA) is 60.0 Å². The molecule has 2 aliphatic heterocycles. The van der Waals surface area contributed by atoms with E-state index in [2.05, 4.69) is 5.32 Å². The lowest BCUT2D eigenvalue weighted by atomic mass is 10.0. The minimum absolute atomic E-state index is 0.0223. The molecule has 0 radical (unpaired) electrons. The van der Waals surface area contributed by atoms with Crippen LogP contribution in [0.3, 0.4) is 0 Å². The highest BCUT2D eigenvalue weighted by Crippen LogP contribution is 2.38. The van der Waals surface area contributed by atoms with Crippen LogP contribution < -0.4 is 14.8 Å². The van der Waals surface area contributed by atoms with E-state index in [0.29, 0.717) is 6.54 Å². The van der Waals surface area contributed by atoms with Gasteiger partial charge in [-0.05, 0) is 37.8 Å². The maximum absolute atomic E-state index is 12.6. The lowest BCUT2D eigenvalue weighted by Gasteiger charge is -2.27. The second-order valence-corrected chi connectivity index (χ2v) is 6.28. The number of nitrogens with zero attached hydrogens (tertiary/aromatic N) is 1. The van der Waals surface area contributed by atoms with E-state index in [1.54, 1.807) is 14.2 Å². The third kappa shape index (κ3) is 3.59. The molecule has 1 aromatic rings. The van der Waals surface area contributed by atoms with Gasteiger partial charge in [-0.1, -0.05) is 0 Å². The van der Waals surface area contributed by atoms with Crippen molar-refractivity contribution in [3.8, 4) is 11.5 Å². The fraction of sp³-hybridized carbons (Fsp3) is 0.611. The monoisotopic (exact) mass is 334 g/mol. The lowest BCUT2D eigenvalue weighted by Crippen LogP contribution is -2.42. The summed E-state index contributed by atoms with van der Waals surface area (Å²) in [6.45, 7) is 2.15. The Bertz CT molecular complexity index is 572. The van der Waals surface area contributed by atoms with E-state index in [4.69, 9.17) is 14.2 Å². The zero-order valence-corrected chi connectivity index (χ0v) is 14.4. The Morgan fingerprint density at radius 3 is 2.88 bits per heavy atom. The van der Waals surface area contributed by atoms with Crippen LogP contribution >= 0.6 is 0 Å². The molecule has 24 heavy (non-hydrogen) atoms. The molecule has 0 bridgehead atoms. The Balaban J connectivity index is 1.69. The third-order valence-electron chi connectivity index (χ3n) is 4.82. The summed E-state index contributed by atoms with van der Waals surface area (Å²) in [5.74, 6) is 1.51. The van der Waals surface area contributed by atoms with Crippen molar-refractivity contribution in [1.82, 2.24) is 10.2 Å². The zero-order valence-electron chi connectivity index (χ0n) is 14.4. The zero-order chi connectivity index (χ0) is 16.9. The maximum atomic E-state index is 12.6. The molecular weight excluding hydrogens is 308 g/mol. The molecule has 0 unspecified atom stereocenters. The van der Waals surface area contributed by atoms with Crippen LogP contribution in [0.4, 0.5) is 4.79 Å². The SMILES string of the molecule is COc1ccc([C@H]2CCCN2C(=O)NC[C@H]2CCCO2)c(OC)c1. The summed E-state index contributed by atoms with van der Waals surface area (Å²) >= 11 is 0. The van der Waals surface area contributed by atoms with Gasteiger partial charge < -0.3 is 24.4 Å². The average Bonchev–Trinajstić information content (AvgIpc) is 3.30. The molecule has 2 saturated heterocycles. The van der Waals surface area contributed by atoms with Gasteiger partial charge in [0.2, 0.25) is 0 Å². The number of nitrogens with one attached hydrogen (secondary N) is 1. The number of benzene rings is 1. The summed E-state index contributed by atoms with van der Waals surface area (Å²) in [5, 5.41) is 3.02. The van der Waals surface area contributed by atoms with E-state index in [-0.39, 0.29) is 18.2 Å². The van der Waals surface area contributed by atoms with Crippen molar-refractivity contribution in [2.24, 2.45) is 0 Å². The Kier molecular flexibility index (Phi) is 5.45. The molecule has 0 spiro atoms.